The maximum atomic E-state index is 14.1. The summed E-state index contributed by atoms with van der Waals surface area (Å²) < 4.78 is 91.5. The van der Waals surface area contributed by atoms with Crippen molar-refractivity contribution in [3.63, 3.8) is 0 Å². The maximum Gasteiger partial charge on any atom is 0.534 e. The van der Waals surface area contributed by atoms with Crippen LogP contribution in [0.3, 0.4) is 0 Å². The SMILES string of the molecule is O=[N+]([O-])c1cc2c(Nc3ccc(F)c(Cl)c3F)ncnc2cc1OS(=O)(=O)C(F)(F)F. The van der Waals surface area contributed by atoms with E-state index in [1.54, 1.807) is 0 Å². The second kappa shape index (κ2) is 7.73. The Morgan fingerprint density at radius 2 is 1.84 bits per heavy atom. The number of hydrogen-bond donors (Lipinski definition) is 1. The highest BCUT2D eigenvalue weighted by molar-refractivity contribution is 7.88. The molecule has 0 aliphatic heterocycles. The van der Waals surface area contributed by atoms with E-state index in [1.165, 1.54) is 0 Å². The molecule has 0 saturated carbocycles. The van der Waals surface area contributed by atoms with Gasteiger partial charge < -0.3 is 9.50 Å². The summed E-state index contributed by atoms with van der Waals surface area (Å²) in [4.78, 5) is 17.5. The van der Waals surface area contributed by atoms with Crippen molar-refractivity contribution in [2.24, 2.45) is 0 Å². The summed E-state index contributed by atoms with van der Waals surface area (Å²) in [6.07, 6.45) is 0.849. The molecule has 16 heteroatoms. The highest BCUT2D eigenvalue weighted by Gasteiger charge is 2.49. The highest BCUT2D eigenvalue weighted by atomic mass is 35.5. The molecule has 9 nitrogen and oxygen atoms in total. The van der Waals surface area contributed by atoms with E-state index in [-0.39, 0.29) is 22.4 Å². The first-order valence-electron chi connectivity index (χ1n) is 7.66. The van der Waals surface area contributed by atoms with Gasteiger partial charge in [-0.1, -0.05) is 11.6 Å². The Labute approximate surface area is 173 Å². The molecule has 0 aliphatic rings. The number of nitrogens with one attached hydrogen (secondary N) is 1. The Morgan fingerprint density at radius 1 is 1.16 bits per heavy atom. The van der Waals surface area contributed by atoms with E-state index in [2.05, 4.69) is 19.5 Å². The topological polar surface area (TPSA) is 124 Å². The molecule has 164 valence electrons. The van der Waals surface area contributed by atoms with Crippen LogP contribution in [-0.2, 0) is 10.1 Å². The predicted molar refractivity (Wildman–Crippen MR) is 96.4 cm³/mol. The van der Waals surface area contributed by atoms with Crippen LogP contribution in [0, 0.1) is 21.7 Å². The molecule has 31 heavy (non-hydrogen) atoms. The summed E-state index contributed by atoms with van der Waals surface area (Å²) in [5.41, 5.74) is -7.68. The number of nitro groups is 1. The number of aromatic nitrogens is 2. The van der Waals surface area contributed by atoms with Gasteiger partial charge in [0.15, 0.2) is 5.82 Å². The summed E-state index contributed by atoms with van der Waals surface area (Å²) in [5.74, 6) is -3.80. The van der Waals surface area contributed by atoms with Gasteiger partial charge in [-0.3, -0.25) is 10.1 Å². The molecular formula is C15H6ClF5N4O5S. The van der Waals surface area contributed by atoms with E-state index in [0.29, 0.717) is 12.1 Å². The third-order valence-corrected chi connectivity index (χ3v) is 5.00. The van der Waals surface area contributed by atoms with Crippen LogP contribution in [-0.4, -0.2) is 28.8 Å². The lowest BCUT2D eigenvalue weighted by molar-refractivity contribution is -0.385. The van der Waals surface area contributed by atoms with Gasteiger partial charge in [0.25, 0.3) is 0 Å². The zero-order valence-electron chi connectivity index (χ0n) is 14.4. The molecule has 0 spiro atoms. The van der Waals surface area contributed by atoms with Crippen LogP contribution in [0.2, 0.25) is 5.02 Å². The first-order valence-corrected chi connectivity index (χ1v) is 9.45. The standard InChI is InChI=1S/C15H6ClF5N4O5S/c16-12-7(17)1-2-8(13(12)18)24-14-6-3-10(25(26)27)11(4-9(6)22-5-23-14)30-31(28,29)15(19,20)21/h1-5H,(H,22,23,24). The number of nitro benzene ring substituents is 1. The van der Waals surface area contributed by atoms with Gasteiger partial charge in [-0.15, -0.1) is 0 Å². The van der Waals surface area contributed by atoms with Crippen LogP contribution in [0.1, 0.15) is 0 Å². The molecule has 3 rings (SSSR count). The largest absolute Gasteiger partial charge is 0.534 e. The van der Waals surface area contributed by atoms with Gasteiger partial charge in [0, 0.05) is 12.1 Å². The van der Waals surface area contributed by atoms with Crippen molar-refractivity contribution in [2.45, 2.75) is 5.51 Å². The molecule has 0 saturated heterocycles. The van der Waals surface area contributed by atoms with Crippen LogP contribution >= 0.6 is 11.6 Å². The summed E-state index contributed by atoms with van der Waals surface area (Å²) in [6, 6.07) is 2.97. The van der Waals surface area contributed by atoms with Gasteiger partial charge in [-0.05, 0) is 12.1 Å². The summed E-state index contributed by atoms with van der Waals surface area (Å²) in [5, 5.41) is 12.6. The maximum absolute atomic E-state index is 14.1. The van der Waals surface area contributed by atoms with Gasteiger partial charge in [0.05, 0.1) is 21.5 Å². The van der Waals surface area contributed by atoms with Crippen molar-refractivity contribution in [3.8, 4) is 5.75 Å². The third kappa shape index (κ3) is 4.27. The number of rotatable bonds is 5. The number of nitrogens with zero attached hydrogens (tertiary/aromatic N) is 3. The molecule has 1 N–H and O–H groups in total. The zero-order valence-corrected chi connectivity index (χ0v) is 16.0. The average molecular weight is 485 g/mol. The second-order valence-electron chi connectivity index (χ2n) is 5.65. The van der Waals surface area contributed by atoms with E-state index >= 15 is 0 Å². The Kier molecular flexibility index (Phi) is 5.58. The molecule has 0 fully saturated rings. The van der Waals surface area contributed by atoms with E-state index in [4.69, 9.17) is 11.6 Å². The molecular weight excluding hydrogens is 479 g/mol. The van der Waals surface area contributed by atoms with Gasteiger partial charge in [-0.2, -0.15) is 21.6 Å². The molecule has 0 aliphatic carbocycles. The van der Waals surface area contributed by atoms with Crippen molar-refractivity contribution >= 4 is 49.8 Å². The molecule has 0 unspecified atom stereocenters. The summed E-state index contributed by atoms with van der Waals surface area (Å²) in [6.45, 7) is 0. The van der Waals surface area contributed by atoms with Crippen molar-refractivity contribution in [2.75, 3.05) is 5.32 Å². The van der Waals surface area contributed by atoms with Crippen molar-refractivity contribution in [1.82, 2.24) is 9.97 Å². The molecule has 1 aromatic heterocycles. The number of halogens is 6. The minimum Gasteiger partial charge on any atom is -0.369 e. The van der Waals surface area contributed by atoms with Crippen molar-refractivity contribution in [1.29, 1.82) is 0 Å². The fraction of sp³-hybridized carbons (Fsp3) is 0.0667. The number of anilines is 2. The minimum absolute atomic E-state index is 0.217. The van der Waals surface area contributed by atoms with E-state index in [9.17, 15) is 40.5 Å². The molecule has 1 heterocycles. The Bertz CT molecular complexity index is 1320. The number of hydrogen-bond acceptors (Lipinski definition) is 8. The molecule has 0 amide bonds. The summed E-state index contributed by atoms with van der Waals surface area (Å²) in [7, 11) is -6.21. The Balaban J connectivity index is 2.15. The summed E-state index contributed by atoms with van der Waals surface area (Å²) >= 11 is 5.48. The number of benzene rings is 2. The molecule has 0 radical (unpaired) electrons. The molecule has 3 aromatic rings. The zero-order chi connectivity index (χ0) is 23.1. The van der Waals surface area contributed by atoms with Crippen LogP contribution in [0.5, 0.6) is 5.75 Å². The monoisotopic (exact) mass is 484 g/mol. The molecule has 0 bridgehead atoms. The lowest BCUT2D eigenvalue weighted by Gasteiger charge is -2.12. The van der Waals surface area contributed by atoms with Crippen molar-refractivity contribution < 1.29 is 39.5 Å². The third-order valence-electron chi connectivity index (χ3n) is 3.68. The smallest absolute Gasteiger partial charge is 0.369 e. The average Bonchev–Trinajstić information content (AvgIpc) is 2.66. The predicted octanol–water partition coefficient (Wildman–Crippen LogP) is 4.44. The van der Waals surface area contributed by atoms with Crippen LogP contribution in [0.15, 0.2) is 30.6 Å². The van der Waals surface area contributed by atoms with Crippen molar-refractivity contribution in [3.05, 3.63) is 57.4 Å². The Hall–Kier alpha value is -3.33. The number of fused-ring (bicyclic) bond motifs is 1. The van der Waals surface area contributed by atoms with E-state index in [1.807, 2.05) is 0 Å². The van der Waals surface area contributed by atoms with E-state index in [0.717, 1.165) is 18.5 Å². The van der Waals surface area contributed by atoms with Crippen LogP contribution in [0.25, 0.3) is 10.9 Å². The second-order valence-corrected chi connectivity index (χ2v) is 7.56. The van der Waals surface area contributed by atoms with E-state index < -0.39 is 48.6 Å². The normalized spacial score (nSPS) is 12.1. The van der Waals surface area contributed by atoms with Gasteiger partial charge in [-0.25, -0.2) is 18.7 Å². The van der Waals surface area contributed by atoms with Crippen LogP contribution in [0.4, 0.5) is 39.1 Å². The Morgan fingerprint density at radius 3 is 2.45 bits per heavy atom. The fourth-order valence-electron chi connectivity index (χ4n) is 2.30. The minimum atomic E-state index is -6.21. The van der Waals surface area contributed by atoms with Gasteiger partial charge >= 0.3 is 21.3 Å². The lowest BCUT2D eigenvalue weighted by atomic mass is 10.2. The quantitative estimate of drug-likeness (QED) is 0.141. The highest BCUT2D eigenvalue weighted by Crippen LogP contribution is 2.38. The van der Waals surface area contributed by atoms with Crippen LogP contribution < -0.4 is 9.50 Å². The molecule has 2 aromatic carbocycles. The first kappa shape index (κ1) is 22.4. The number of alkyl halides is 3. The first-order chi connectivity index (χ1) is 14.3. The van der Waals surface area contributed by atoms with Gasteiger partial charge in [0.1, 0.15) is 23.0 Å². The lowest BCUT2D eigenvalue weighted by Crippen LogP contribution is -2.28. The fourth-order valence-corrected chi connectivity index (χ4v) is 2.93. The molecule has 0 atom stereocenters. The van der Waals surface area contributed by atoms with Gasteiger partial charge in [0.2, 0.25) is 5.75 Å².